The molecule has 1 atom stereocenters. The Kier molecular flexibility index (Phi) is 4.03. The van der Waals surface area contributed by atoms with Crippen LogP contribution in [0.2, 0.25) is 0 Å². The third-order valence-electron chi connectivity index (χ3n) is 5.09. The summed E-state index contributed by atoms with van der Waals surface area (Å²) in [4.78, 5) is 29.0. The number of likely N-dealkylation sites (tertiary alicyclic amines) is 1. The van der Waals surface area contributed by atoms with Crippen molar-refractivity contribution in [1.82, 2.24) is 14.7 Å². The molecule has 4 rings (SSSR count). The van der Waals surface area contributed by atoms with Crippen molar-refractivity contribution < 1.29 is 9.59 Å². The van der Waals surface area contributed by atoms with Crippen LogP contribution in [0.5, 0.6) is 0 Å². The van der Waals surface area contributed by atoms with E-state index in [2.05, 4.69) is 5.10 Å². The molecule has 1 aromatic carbocycles. The lowest BCUT2D eigenvalue weighted by molar-refractivity contribution is -0.116. The Morgan fingerprint density at radius 1 is 1.08 bits per heavy atom. The van der Waals surface area contributed by atoms with Gasteiger partial charge in [0.25, 0.3) is 5.91 Å². The highest BCUT2D eigenvalue weighted by molar-refractivity contribution is 6.04. The molecule has 6 nitrogen and oxygen atoms in total. The van der Waals surface area contributed by atoms with Crippen molar-refractivity contribution in [3.63, 3.8) is 0 Å². The Labute approximate surface area is 147 Å². The van der Waals surface area contributed by atoms with Gasteiger partial charge < -0.3 is 4.90 Å². The first-order valence-electron chi connectivity index (χ1n) is 8.86. The number of hydrogen-bond acceptors (Lipinski definition) is 3. The Hall–Kier alpha value is -2.63. The summed E-state index contributed by atoms with van der Waals surface area (Å²) in [6, 6.07) is 9.80. The normalized spacial score (nSPS) is 19.8. The summed E-state index contributed by atoms with van der Waals surface area (Å²) in [5.41, 5.74) is 1.59. The van der Waals surface area contributed by atoms with E-state index < -0.39 is 0 Å². The second-order valence-electron chi connectivity index (χ2n) is 6.73. The molecule has 0 bridgehead atoms. The second-order valence-corrected chi connectivity index (χ2v) is 6.73. The van der Waals surface area contributed by atoms with Gasteiger partial charge in [0.1, 0.15) is 11.4 Å². The molecule has 0 N–H and O–H groups in total. The summed E-state index contributed by atoms with van der Waals surface area (Å²) in [5.74, 6) is 0.554. The quantitative estimate of drug-likeness (QED) is 0.846. The molecule has 2 amide bonds. The maximum Gasteiger partial charge on any atom is 0.259 e. The fourth-order valence-electron chi connectivity index (χ4n) is 3.88. The predicted octanol–water partition coefficient (Wildman–Crippen LogP) is 2.62. The van der Waals surface area contributed by atoms with Crippen LogP contribution in [0.15, 0.2) is 36.5 Å². The Bertz CT molecular complexity index is 793. The summed E-state index contributed by atoms with van der Waals surface area (Å²) in [6.07, 6.45) is 4.87. The number of piperidine rings is 1. The van der Waals surface area contributed by atoms with Crippen molar-refractivity contribution in [3.8, 4) is 0 Å². The Morgan fingerprint density at radius 3 is 2.48 bits per heavy atom. The first kappa shape index (κ1) is 15.9. The predicted molar refractivity (Wildman–Crippen MR) is 94.3 cm³/mol. The van der Waals surface area contributed by atoms with E-state index in [9.17, 15) is 9.59 Å². The highest BCUT2D eigenvalue weighted by Gasteiger charge is 2.38. The lowest BCUT2D eigenvalue weighted by Crippen LogP contribution is -2.37. The molecule has 2 aliphatic rings. The van der Waals surface area contributed by atoms with Crippen LogP contribution in [0, 0.1) is 0 Å². The molecule has 2 aromatic rings. The molecule has 0 aliphatic carbocycles. The van der Waals surface area contributed by atoms with E-state index in [4.69, 9.17) is 0 Å². The van der Waals surface area contributed by atoms with Gasteiger partial charge in [-0.15, -0.1) is 0 Å². The average Bonchev–Trinajstić information content (AvgIpc) is 3.21. The highest BCUT2D eigenvalue weighted by atomic mass is 16.2. The minimum atomic E-state index is -0.115. The van der Waals surface area contributed by atoms with E-state index >= 15 is 0 Å². The lowest BCUT2D eigenvalue weighted by Gasteiger charge is -2.28. The molecule has 6 heteroatoms. The monoisotopic (exact) mass is 338 g/mol. The third-order valence-corrected chi connectivity index (χ3v) is 5.09. The van der Waals surface area contributed by atoms with Crippen LogP contribution < -0.4 is 4.90 Å². The van der Waals surface area contributed by atoms with Crippen molar-refractivity contribution in [1.29, 1.82) is 0 Å². The zero-order valence-electron chi connectivity index (χ0n) is 14.4. The SMILES string of the molecule is CC(=O)N1c2c(C(=O)N3CCCCC3)cnn2CC1c1ccccc1. The second kappa shape index (κ2) is 6.35. The first-order chi connectivity index (χ1) is 12.2. The molecular formula is C19H22N4O2. The minimum absolute atomic E-state index is 0.0130. The maximum atomic E-state index is 13.0. The van der Waals surface area contributed by atoms with E-state index in [1.807, 2.05) is 35.2 Å². The van der Waals surface area contributed by atoms with Crippen LogP contribution in [0.25, 0.3) is 0 Å². The number of carbonyl (C=O) groups is 2. The highest BCUT2D eigenvalue weighted by Crippen LogP contribution is 2.38. The Morgan fingerprint density at radius 2 is 1.80 bits per heavy atom. The largest absolute Gasteiger partial charge is 0.338 e. The topological polar surface area (TPSA) is 58.4 Å². The number of rotatable bonds is 2. The summed E-state index contributed by atoms with van der Waals surface area (Å²) >= 11 is 0. The standard InChI is InChI=1S/C19H22N4O2/c1-14(24)23-17(15-8-4-2-5-9-15)13-22-18(23)16(12-20-22)19(25)21-10-6-3-7-11-21/h2,4-5,8-9,12,17H,3,6-7,10-11,13H2,1H3. The van der Waals surface area contributed by atoms with E-state index in [1.54, 1.807) is 22.7 Å². The van der Waals surface area contributed by atoms with Crippen LogP contribution >= 0.6 is 0 Å². The summed E-state index contributed by atoms with van der Waals surface area (Å²) in [5, 5.41) is 4.40. The molecular weight excluding hydrogens is 316 g/mol. The minimum Gasteiger partial charge on any atom is -0.338 e. The van der Waals surface area contributed by atoms with Crippen LogP contribution in [0.4, 0.5) is 5.82 Å². The fraction of sp³-hybridized carbons (Fsp3) is 0.421. The molecule has 1 unspecified atom stereocenters. The first-order valence-corrected chi connectivity index (χ1v) is 8.86. The third kappa shape index (κ3) is 2.71. The van der Waals surface area contributed by atoms with Crippen LogP contribution in [-0.2, 0) is 11.3 Å². The molecule has 2 aliphatic heterocycles. The number of amides is 2. The number of carbonyl (C=O) groups excluding carboxylic acids is 2. The smallest absolute Gasteiger partial charge is 0.259 e. The molecule has 0 saturated carbocycles. The number of anilines is 1. The van der Waals surface area contributed by atoms with Crippen LogP contribution in [-0.4, -0.2) is 39.6 Å². The van der Waals surface area contributed by atoms with Gasteiger partial charge >= 0.3 is 0 Å². The molecule has 1 fully saturated rings. The molecule has 0 spiro atoms. The van der Waals surface area contributed by atoms with E-state index in [0.29, 0.717) is 17.9 Å². The number of hydrogen-bond donors (Lipinski definition) is 0. The average molecular weight is 338 g/mol. The summed E-state index contributed by atoms with van der Waals surface area (Å²) in [6.45, 7) is 3.69. The molecule has 130 valence electrons. The summed E-state index contributed by atoms with van der Waals surface area (Å²) < 4.78 is 1.79. The fourth-order valence-corrected chi connectivity index (χ4v) is 3.88. The molecule has 1 saturated heterocycles. The van der Waals surface area contributed by atoms with Gasteiger partial charge in [0.05, 0.1) is 18.8 Å². The van der Waals surface area contributed by atoms with E-state index in [1.165, 1.54) is 6.42 Å². The zero-order valence-corrected chi connectivity index (χ0v) is 14.4. The summed E-state index contributed by atoms with van der Waals surface area (Å²) in [7, 11) is 0. The maximum absolute atomic E-state index is 13.0. The van der Waals surface area contributed by atoms with Crippen molar-refractivity contribution in [2.75, 3.05) is 18.0 Å². The van der Waals surface area contributed by atoms with Gasteiger partial charge in [-0.05, 0) is 24.8 Å². The van der Waals surface area contributed by atoms with Crippen molar-refractivity contribution in [2.45, 2.75) is 38.8 Å². The van der Waals surface area contributed by atoms with Gasteiger partial charge in [-0.25, -0.2) is 4.68 Å². The number of nitrogens with zero attached hydrogens (tertiary/aromatic N) is 4. The van der Waals surface area contributed by atoms with Gasteiger partial charge in [0.15, 0.2) is 0 Å². The van der Waals surface area contributed by atoms with E-state index in [0.717, 1.165) is 31.5 Å². The van der Waals surface area contributed by atoms with Gasteiger partial charge in [-0.3, -0.25) is 14.5 Å². The number of aromatic nitrogens is 2. The zero-order chi connectivity index (χ0) is 17.4. The van der Waals surface area contributed by atoms with Gasteiger partial charge in [0.2, 0.25) is 5.91 Å². The van der Waals surface area contributed by atoms with Crippen LogP contribution in [0.1, 0.15) is 48.1 Å². The van der Waals surface area contributed by atoms with Crippen molar-refractivity contribution in [3.05, 3.63) is 47.7 Å². The van der Waals surface area contributed by atoms with E-state index in [-0.39, 0.29) is 17.9 Å². The van der Waals surface area contributed by atoms with Gasteiger partial charge in [-0.1, -0.05) is 30.3 Å². The molecule has 25 heavy (non-hydrogen) atoms. The van der Waals surface area contributed by atoms with Crippen LogP contribution in [0.3, 0.4) is 0 Å². The molecule has 1 aromatic heterocycles. The lowest BCUT2D eigenvalue weighted by atomic mass is 10.1. The van der Waals surface area contributed by atoms with Gasteiger partial charge in [-0.2, -0.15) is 5.10 Å². The van der Waals surface area contributed by atoms with Crippen molar-refractivity contribution in [2.24, 2.45) is 0 Å². The van der Waals surface area contributed by atoms with Crippen molar-refractivity contribution >= 4 is 17.6 Å². The molecule has 0 radical (unpaired) electrons. The number of fused-ring (bicyclic) bond motifs is 1. The number of benzene rings is 1. The van der Waals surface area contributed by atoms with Gasteiger partial charge in [0, 0.05) is 20.0 Å². The molecule has 3 heterocycles. The Balaban J connectivity index is 1.70.